The topological polar surface area (TPSA) is 61.2 Å². The first kappa shape index (κ1) is 12.0. The van der Waals surface area contributed by atoms with Gasteiger partial charge in [-0.05, 0) is 5.56 Å². The molecular formula is C13H12N2O3. The molecular weight excluding hydrogens is 232 g/mol. The molecule has 2 aromatic rings. The summed E-state index contributed by atoms with van der Waals surface area (Å²) in [6.07, 6.45) is 3.14. The van der Waals surface area contributed by atoms with Crippen molar-refractivity contribution in [3.05, 3.63) is 54.1 Å². The predicted octanol–water partition coefficient (Wildman–Crippen LogP) is 1.29. The van der Waals surface area contributed by atoms with Crippen molar-refractivity contribution in [2.75, 3.05) is 7.11 Å². The number of ketones is 1. The zero-order chi connectivity index (χ0) is 13.0. The van der Waals surface area contributed by atoms with E-state index in [1.165, 1.54) is 13.3 Å². The molecule has 0 radical (unpaired) electrons. The number of esters is 1. The van der Waals surface area contributed by atoms with Gasteiger partial charge in [0, 0.05) is 18.9 Å². The quantitative estimate of drug-likeness (QED) is 0.462. The number of aromatic nitrogens is 2. The molecule has 0 unspecified atom stereocenters. The Balaban J connectivity index is 2.23. The van der Waals surface area contributed by atoms with Gasteiger partial charge in [-0.1, -0.05) is 30.3 Å². The number of carbonyl (C=O) groups is 2. The minimum absolute atomic E-state index is 0.0886. The molecule has 0 amide bonds. The largest absolute Gasteiger partial charge is 0.463 e. The fourth-order valence-corrected chi connectivity index (χ4v) is 1.61. The van der Waals surface area contributed by atoms with Crippen LogP contribution < -0.4 is 0 Å². The average Bonchev–Trinajstić information content (AvgIpc) is 2.86. The third-order valence-electron chi connectivity index (χ3n) is 2.49. The summed E-state index contributed by atoms with van der Waals surface area (Å²) in [5.74, 6) is -1.56. The van der Waals surface area contributed by atoms with E-state index in [0.717, 1.165) is 5.56 Å². The molecule has 1 heterocycles. The van der Waals surface area contributed by atoms with Crippen LogP contribution in [0.2, 0.25) is 0 Å². The molecule has 0 aliphatic carbocycles. The molecule has 0 atom stereocenters. The van der Waals surface area contributed by atoms with Crippen LogP contribution in [-0.4, -0.2) is 28.4 Å². The molecule has 92 valence electrons. The number of nitrogens with zero attached hydrogens (tertiary/aromatic N) is 2. The third-order valence-corrected chi connectivity index (χ3v) is 2.49. The lowest BCUT2D eigenvalue weighted by Gasteiger charge is -2.06. The molecule has 0 saturated heterocycles. The highest BCUT2D eigenvalue weighted by Gasteiger charge is 2.21. The van der Waals surface area contributed by atoms with Gasteiger partial charge >= 0.3 is 11.8 Å². The van der Waals surface area contributed by atoms with Crippen molar-refractivity contribution in [3.8, 4) is 0 Å². The Morgan fingerprint density at radius 3 is 2.67 bits per heavy atom. The van der Waals surface area contributed by atoms with E-state index in [0.29, 0.717) is 6.54 Å². The lowest BCUT2D eigenvalue weighted by Crippen LogP contribution is -2.20. The van der Waals surface area contributed by atoms with Crippen LogP contribution in [0.25, 0.3) is 0 Å². The van der Waals surface area contributed by atoms with Gasteiger partial charge in [0.2, 0.25) is 0 Å². The summed E-state index contributed by atoms with van der Waals surface area (Å²) in [5.41, 5.74) is 1.02. The maximum atomic E-state index is 11.7. The Hall–Kier alpha value is -2.43. The fourth-order valence-electron chi connectivity index (χ4n) is 1.61. The minimum atomic E-state index is -0.907. The Morgan fingerprint density at radius 1 is 1.28 bits per heavy atom. The van der Waals surface area contributed by atoms with E-state index in [9.17, 15) is 9.59 Å². The second kappa shape index (κ2) is 5.27. The summed E-state index contributed by atoms with van der Waals surface area (Å²) in [6.45, 7) is 0.485. The van der Waals surface area contributed by atoms with Gasteiger partial charge < -0.3 is 9.30 Å². The van der Waals surface area contributed by atoms with Gasteiger partial charge in [0.1, 0.15) is 0 Å². The summed E-state index contributed by atoms with van der Waals surface area (Å²) in [4.78, 5) is 26.8. The molecule has 0 aliphatic heterocycles. The Bertz CT molecular complexity index is 561. The number of ether oxygens (including phenoxy) is 1. The summed E-state index contributed by atoms with van der Waals surface area (Å²) in [6, 6.07) is 9.61. The van der Waals surface area contributed by atoms with Crippen LogP contribution in [0.15, 0.2) is 42.7 Å². The molecule has 5 heteroatoms. The number of hydrogen-bond donors (Lipinski definition) is 0. The highest BCUT2D eigenvalue weighted by molar-refractivity contribution is 6.39. The van der Waals surface area contributed by atoms with Gasteiger partial charge in [-0.15, -0.1) is 0 Å². The van der Waals surface area contributed by atoms with E-state index in [1.54, 1.807) is 10.8 Å². The van der Waals surface area contributed by atoms with Gasteiger partial charge in [-0.2, -0.15) is 0 Å². The van der Waals surface area contributed by atoms with Crippen molar-refractivity contribution in [2.45, 2.75) is 6.54 Å². The van der Waals surface area contributed by atoms with Crippen molar-refractivity contribution in [2.24, 2.45) is 0 Å². The summed E-state index contributed by atoms with van der Waals surface area (Å²) in [7, 11) is 1.17. The molecule has 0 N–H and O–H groups in total. The van der Waals surface area contributed by atoms with Crippen LogP contribution in [0.3, 0.4) is 0 Å². The van der Waals surface area contributed by atoms with Crippen molar-refractivity contribution >= 4 is 11.8 Å². The number of hydrogen-bond acceptors (Lipinski definition) is 4. The first-order chi connectivity index (χ1) is 8.72. The molecule has 18 heavy (non-hydrogen) atoms. The van der Waals surface area contributed by atoms with Gasteiger partial charge in [0.25, 0.3) is 0 Å². The molecule has 5 nitrogen and oxygen atoms in total. The summed E-state index contributed by atoms with van der Waals surface area (Å²) in [5, 5.41) is 0. The van der Waals surface area contributed by atoms with Crippen LogP contribution in [0.1, 0.15) is 16.2 Å². The van der Waals surface area contributed by atoms with Gasteiger partial charge in [0.15, 0.2) is 5.82 Å². The lowest BCUT2D eigenvalue weighted by atomic mass is 10.2. The van der Waals surface area contributed by atoms with Crippen LogP contribution >= 0.6 is 0 Å². The first-order valence-corrected chi connectivity index (χ1v) is 5.40. The van der Waals surface area contributed by atoms with Crippen molar-refractivity contribution in [1.82, 2.24) is 9.55 Å². The smallest absolute Gasteiger partial charge is 0.382 e. The van der Waals surface area contributed by atoms with E-state index in [-0.39, 0.29) is 5.82 Å². The molecule has 0 fully saturated rings. The monoisotopic (exact) mass is 244 g/mol. The highest BCUT2D eigenvalue weighted by atomic mass is 16.5. The van der Waals surface area contributed by atoms with Crippen LogP contribution in [0.4, 0.5) is 0 Å². The number of imidazole rings is 1. The zero-order valence-electron chi connectivity index (χ0n) is 9.87. The first-order valence-electron chi connectivity index (χ1n) is 5.40. The maximum Gasteiger partial charge on any atom is 0.382 e. The second-order valence-electron chi connectivity index (χ2n) is 3.69. The Morgan fingerprint density at radius 2 is 2.00 bits per heavy atom. The molecule has 0 saturated carbocycles. The predicted molar refractivity (Wildman–Crippen MR) is 64.1 cm³/mol. The van der Waals surface area contributed by atoms with Gasteiger partial charge in [0.05, 0.1) is 7.11 Å². The summed E-state index contributed by atoms with van der Waals surface area (Å²) < 4.78 is 6.02. The molecule has 0 spiro atoms. The van der Waals surface area contributed by atoms with Crippen molar-refractivity contribution in [3.63, 3.8) is 0 Å². The number of Topliss-reactive ketones (excluding diaryl/α,β-unsaturated/α-hetero) is 1. The van der Waals surface area contributed by atoms with Crippen LogP contribution in [-0.2, 0) is 16.1 Å². The van der Waals surface area contributed by atoms with E-state index in [2.05, 4.69) is 9.72 Å². The minimum Gasteiger partial charge on any atom is -0.463 e. The molecule has 2 rings (SSSR count). The second-order valence-corrected chi connectivity index (χ2v) is 3.69. The fraction of sp³-hybridized carbons (Fsp3) is 0.154. The molecule has 1 aromatic carbocycles. The number of benzene rings is 1. The average molecular weight is 244 g/mol. The maximum absolute atomic E-state index is 11.7. The van der Waals surface area contributed by atoms with Gasteiger partial charge in [-0.25, -0.2) is 9.78 Å². The molecule has 0 aliphatic rings. The molecule has 1 aromatic heterocycles. The van der Waals surface area contributed by atoms with E-state index in [4.69, 9.17) is 0 Å². The Kier molecular flexibility index (Phi) is 3.52. The Labute approximate surface area is 104 Å². The van der Waals surface area contributed by atoms with Crippen molar-refractivity contribution in [1.29, 1.82) is 0 Å². The standard InChI is InChI=1S/C13H12N2O3/c1-18-13(17)11(16)12-14-7-8-15(12)9-10-5-3-2-4-6-10/h2-8H,9H2,1H3. The van der Waals surface area contributed by atoms with Crippen LogP contribution in [0.5, 0.6) is 0 Å². The van der Waals surface area contributed by atoms with E-state index in [1.807, 2.05) is 30.3 Å². The summed E-state index contributed by atoms with van der Waals surface area (Å²) >= 11 is 0. The molecule has 0 bridgehead atoms. The lowest BCUT2D eigenvalue weighted by molar-refractivity contribution is -0.135. The SMILES string of the molecule is COC(=O)C(=O)c1nccn1Cc1ccccc1. The normalized spacial score (nSPS) is 10.1. The zero-order valence-corrected chi connectivity index (χ0v) is 9.87. The number of methoxy groups -OCH3 is 1. The highest BCUT2D eigenvalue weighted by Crippen LogP contribution is 2.06. The van der Waals surface area contributed by atoms with E-state index < -0.39 is 11.8 Å². The third kappa shape index (κ3) is 2.45. The number of rotatable bonds is 4. The van der Waals surface area contributed by atoms with Gasteiger partial charge in [-0.3, -0.25) is 4.79 Å². The van der Waals surface area contributed by atoms with Crippen molar-refractivity contribution < 1.29 is 14.3 Å². The van der Waals surface area contributed by atoms with Crippen LogP contribution in [0, 0.1) is 0 Å². The van der Waals surface area contributed by atoms with E-state index >= 15 is 0 Å². The number of carbonyl (C=O) groups excluding carboxylic acids is 2.